The third kappa shape index (κ3) is 5.72. The van der Waals surface area contributed by atoms with Gasteiger partial charge < -0.3 is 19.7 Å². The molecule has 0 aliphatic carbocycles. The van der Waals surface area contributed by atoms with Gasteiger partial charge in [0.15, 0.2) is 5.82 Å². The van der Waals surface area contributed by atoms with E-state index in [1.54, 1.807) is 4.90 Å². The van der Waals surface area contributed by atoms with Crippen LogP contribution in [0.25, 0.3) is 0 Å². The molecule has 0 saturated carbocycles. The van der Waals surface area contributed by atoms with E-state index in [1.165, 1.54) is 0 Å². The Hall–Kier alpha value is -2.09. The van der Waals surface area contributed by atoms with Gasteiger partial charge in [0.25, 0.3) is 0 Å². The van der Waals surface area contributed by atoms with Crippen LogP contribution in [0.15, 0.2) is 6.07 Å². The average molecular weight is 433 g/mol. The molecule has 1 heterocycles. The summed E-state index contributed by atoms with van der Waals surface area (Å²) in [4.78, 5) is 25.5. The Morgan fingerprint density at radius 3 is 2.38 bits per heavy atom. The zero-order valence-corrected chi connectivity index (χ0v) is 18.0. The van der Waals surface area contributed by atoms with Crippen molar-refractivity contribution in [2.75, 3.05) is 25.5 Å². The smallest absolute Gasteiger partial charge is 0.410 e. The van der Waals surface area contributed by atoms with Gasteiger partial charge in [0.2, 0.25) is 0 Å². The number of hydrogen-bond donors (Lipinski definition) is 1. The summed E-state index contributed by atoms with van der Waals surface area (Å²) in [6, 6.07) is 0.452. The van der Waals surface area contributed by atoms with Crippen molar-refractivity contribution in [3.8, 4) is 0 Å². The van der Waals surface area contributed by atoms with Crippen LogP contribution in [0.4, 0.5) is 19.3 Å². The van der Waals surface area contributed by atoms with Crippen molar-refractivity contribution in [1.29, 1.82) is 0 Å². The number of amides is 1. The lowest BCUT2D eigenvalue weighted by molar-refractivity contribution is 0.0179. The zero-order chi connectivity index (χ0) is 21.9. The Balaban J connectivity index is 2.07. The highest BCUT2D eigenvalue weighted by Gasteiger charge is 2.30. The van der Waals surface area contributed by atoms with Crippen molar-refractivity contribution in [3.05, 3.63) is 28.3 Å². The predicted octanol–water partition coefficient (Wildman–Crippen LogP) is 4.85. The molecule has 29 heavy (non-hydrogen) atoms. The molecule has 6 nitrogen and oxygen atoms in total. The first-order valence-corrected chi connectivity index (χ1v) is 9.82. The molecule has 2 rings (SSSR count). The maximum atomic E-state index is 14.7. The highest BCUT2D eigenvalue weighted by atomic mass is 35.5. The van der Waals surface area contributed by atoms with E-state index in [0.29, 0.717) is 25.9 Å². The van der Waals surface area contributed by atoms with Gasteiger partial charge in [0.1, 0.15) is 22.0 Å². The monoisotopic (exact) mass is 432 g/mol. The third-order valence-corrected chi connectivity index (χ3v) is 5.20. The van der Waals surface area contributed by atoms with E-state index in [2.05, 4.69) is 10.1 Å². The first-order valence-electron chi connectivity index (χ1n) is 9.45. The lowest BCUT2D eigenvalue weighted by atomic mass is 9.90. The summed E-state index contributed by atoms with van der Waals surface area (Å²) in [6.45, 7) is 8.25. The second-order valence-electron chi connectivity index (χ2n) is 8.14. The van der Waals surface area contributed by atoms with Gasteiger partial charge in [-0.05, 0) is 52.5 Å². The van der Waals surface area contributed by atoms with Gasteiger partial charge in [0.05, 0.1) is 12.8 Å². The molecule has 0 aromatic heterocycles. The number of nitrogens with one attached hydrogen (secondary N) is 1. The maximum Gasteiger partial charge on any atom is 0.410 e. The minimum atomic E-state index is -0.987. The molecule has 1 aromatic carbocycles. The van der Waals surface area contributed by atoms with E-state index in [9.17, 15) is 18.4 Å². The van der Waals surface area contributed by atoms with Gasteiger partial charge >= 0.3 is 12.1 Å². The predicted molar refractivity (Wildman–Crippen MR) is 106 cm³/mol. The van der Waals surface area contributed by atoms with Gasteiger partial charge in [-0.3, -0.25) is 0 Å². The molecule has 1 aliphatic rings. The van der Waals surface area contributed by atoms with Crippen molar-refractivity contribution in [2.24, 2.45) is 5.92 Å². The summed E-state index contributed by atoms with van der Waals surface area (Å²) >= 11 is 5.93. The molecule has 1 aliphatic heterocycles. The molecular formula is C20H27ClF2N2O4. The van der Waals surface area contributed by atoms with Crippen LogP contribution < -0.4 is 5.32 Å². The number of carbonyl (C=O) groups excluding carboxylic acids is 2. The number of likely N-dealkylation sites (tertiary alicyclic amines) is 1. The van der Waals surface area contributed by atoms with Gasteiger partial charge in [-0.1, -0.05) is 11.6 Å². The van der Waals surface area contributed by atoms with E-state index in [-0.39, 0.29) is 23.7 Å². The molecule has 162 valence electrons. The molecular weight excluding hydrogens is 406 g/mol. The molecule has 1 amide bonds. The Kier molecular flexibility index (Phi) is 7.32. The van der Waals surface area contributed by atoms with Crippen LogP contribution in [0.5, 0.6) is 0 Å². The molecule has 1 fully saturated rings. The molecule has 1 saturated heterocycles. The lowest BCUT2D eigenvalue weighted by Crippen LogP contribution is -2.44. The van der Waals surface area contributed by atoms with Crippen LogP contribution >= 0.6 is 11.6 Å². The topological polar surface area (TPSA) is 67.9 Å². The summed E-state index contributed by atoms with van der Waals surface area (Å²) in [6.07, 6.45) is 0.955. The Bertz CT molecular complexity index is 775. The SMILES string of the molecule is COC(=O)c1cc(F)c(Cl)c(N[C@@H](C)C2CCN(C(=O)OC(C)(C)C)CC2)c1F. The lowest BCUT2D eigenvalue weighted by Gasteiger charge is -2.36. The summed E-state index contributed by atoms with van der Waals surface area (Å²) in [5, 5.41) is 2.48. The molecule has 1 atom stereocenters. The van der Waals surface area contributed by atoms with E-state index in [1.807, 2.05) is 27.7 Å². The number of hydrogen-bond acceptors (Lipinski definition) is 5. The Labute approximate surface area is 174 Å². The summed E-state index contributed by atoms with van der Waals surface area (Å²) in [7, 11) is 1.09. The maximum absolute atomic E-state index is 14.7. The van der Waals surface area contributed by atoms with Gasteiger partial charge in [-0.25, -0.2) is 18.4 Å². The number of anilines is 1. The largest absolute Gasteiger partial charge is 0.465 e. The second-order valence-corrected chi connectivity index (χ2v) is 8.52. The van der Waals surface area contributed by atoms with E-state index in [0.717, 1.165) is 13.2 Å². The molecule has 1 aromatic rings. The fourth-order valence-corrected chi connectivity index (χ4v) is 3.44. The van der Waals surface area contributed by atoms with Crippen molar-refractivity contribution >= 4 is 29.4 Å². The normalized spacial score (nSPS) is 16.3. The Morgan fingerprint density at radius 2 is 1.86 bits per heavy atom. The van der Waals surface area contributed by atoms with E-state index >= 15 is 0 Å². The highest BCUT2D eigenvalue weighted by Crippen LogP contribution is 2.33. The van der Waals surface area contributed by atoms with Crippen molar-refractivity contribution in [1.82, 2.24) is 4.90 Å². The number of methoxy groups -OCH3 is 1. The van der Waals surface area contributed by atoms with Crippen molar-refractivity contribution in [2.45, 2.75) is 52.2 Å². The molecule has 0 spiro atoms. The summed E-state index contributed by atoms with van der Waals surface area (Å²) < 4.78 is 38.7. The highest BCUT2D eigenvalue weighted by molar-refractivity contribution is 6.33. The van der Waals surface area contributed by atoms with Crippen LogP contribution in [0.2, 0.25) is 5.02 Å². The van der Waals surface area contributed by atoms with Gasteiger partial charge in [0, 0.05) is 19.1 Å². The van der Waals surface area contributed by atoms with Crippen molar-refractivity contribution in [3.63, 3.8) is 0 Å². The summed E-state index contributed by atoms with van der Waals surface area (Å²) in [5.41, 5.74) is -1.36. The van der Waals surface area contributed by atoms with Gasteiger partial charge in [-0.2, -0.15) is 0 Å². The molecule has 0 radical (unpaired) electrons. The number of benzene rings is 1. The number of carbonyl (C=O) groups is 2. The van der Waals surface area contributed by atoms with Gasteiger partial charge in [-0.15, -0.1) is 0 Å². The fraction of sp³-hybridized carbons (Fsp3) is 0.600. The first kappa shape index (κ1) is 23.2. The second kappa shape index (κ2) is 9.15. The van der Waals surface area contributed by atoms with E-state index in [4.69, 9.17) is 16.3 Å². The van der Waals surface area contributed by atoms with Crippen molar-refractivity contribution < 1.29 is 27.8 Å². The number of nitrogens with zero attached hydrogens (tertiary/aromatic N) is 1. The minimum absolute atomic E-state index is 0.0917. The fourth-order valence-electron chi connectivity index (χ4n) is 3.24. The van der Waals surface area contributed by atoms with Crippen LogP contribution in [0.1, 0.15) is 50.9 Å². The molecule has 0 unspecified atom stereocenters. The van der Waals surface area contributed by atoms with Crippen LogP contribution in [-0.4, -0.2) is 48.8 Å². The third-order valence-electron chi connectivity index (χ3n) is 4.83. The molecule has 9 heteroatoms. The zero-order valence-electron chi connectivity index (χ0n) is 17.3. The minimum Gasteiger partial charge on any atom is -0.465 e. The number of ether oxygens (including phenoxy) is 2. The van der Waals surface area contributed by atoms with E-state index < -0.39 is 33.8 Å². The summed E-state index contributed by atoms with van der Waals surface area (Å²) in [5.74, 6) is -2.77. The number of rotatable bonds is 4. The number of esters is 1. The Morgan fingerprint density at radius 1 is 1.28 bits per heavy atom. The first-order chi connectivity index (χ1) is 13.4. The van der Waals surface area contributed by atoms with Crippen LogP contribution in [0, 0.1) is 17.6 Å². The molecule has 0 bridgehead atoms. The number of piperidine rings is 1. The van der Waals surface area contributed by atoms with Crippen LogP contribution in [0.3, 0.4) is 0 Å². The number of halogens is 3. The van der Waals surface area contributed by atoms with Crippen LogP contribution in [-0.2, 0) is 9.47 Å². The standard InChI is InChI=1S/C20H27ClF2N2O4/c1-11(12-6-8-25(9-7-12)19(27)29-20(2,3)4)24-17-15(21)14(22)10-13(16(17)23)18(26)28-5/h10-12,24H,6-9H2,1-5H3/t11-/m0/s1. The average Bonchev–Trinajstić information content (AvgIpc) is 2.66. The molecule has 1 N–H and O–H groups in total. The quantitative estimate of drug-likeness (QED) is 0.544.